The molecule has 7 nitrogen and oxygen atoms in total. The third-order valence-corrected chi connectivity index (χ3v) is 4.56. The van der Waals surface area contributed by atoms with Gasteiger partial charge < -0.3 is 25.3 Å². The van der Waals surface area contributed by atoms with Gasteiger partial charge in [-0.2, -0.15) is 0 Å². The number of hydrogen-bond acceptors (Lipinski definition) is 5. The fraction of sp³-hybridized carbons (Fsp3) is 0.125. The van der Waals surface area contributed by atoms with E-state index >= 15 is 0 Å². The van der Waals surface area contributed by atoms with Gasteiger partial charge in [-0.05, 0) is 49.2 Å². The van der Waals surface area contributed by atoms with Crippen molar-refractivity contribution in [3.8, 4) is 5.75 Å². The molecule has 0 aromatic heterocycles. The van der Waals surface area contributed by atoms with Crippen molar-refractivity contribution < 1.29 is 24.2 Å². The standard InChI is InChI=1S/C24H22N2O5/c1-15-7-5-8-16(2)22(15)31-14-21(27)25-18-10-6-9-17(13-18)23(28)26-20-12-4-3-11-19(20)24(29)30/h3-13H,14H2,1-2H3,(H,25,27)(H,26,28)(H,29,30)/p-1. The highest BCUT2D eigenvalue weighted by Gasteiger charge is 2.12. The van der Waals surface area contributed by atoms with Gasteiger partial charge in [0.05, 0.1) is 11.7 Å². The number of carboxylic acid groups (broad SMARTS) is 1. The first-order valence-electron chi connectivity index (χ1n) is 9.56. The maximum absolute atomic E-state index is 12.6. The molecule has 0 heterocycles. The second-order valence-electron chi connectivity index (χ2n) is 6.93. The van der Waals surface area contributed by atoms with Crippen LogP contribution in [0.5, 0.6) is 5.75 Å². The monoisotopic (exact) mass is 417 g/mol. The molecular formula is C24H21N2O5-. The molecule has 0 unspecified atom stereocenters. The van der Waals surface area contributed by atoms with Crippen molar-refractivity contribution in [3.63, 3.8) is 0 Å². The van der Waals surface area contributed by atoms with Gasteiger partial charge in [0.15, 0.2) is 6.61 Å². The van der Waals surface area contributed by atoms with Crippen molar-refractivity contribution in [1.29, 1.82) is 0 Å². The largest absolute Gasteiger partial charge is 0.545 e. The summed E-state index contributed by atoms with van der Waals surface area (Å²) < 4.78 is 5.64. The molecule has 0 atom stereocenters. The Morgan fingerprint density at radius 1 is 0.871 bits per heavy atom. The van der Waals surface area contributed by atoms with Crippen molar-refractivity contribution in [2.24, 2.45) is 0 Å². The lowest BCUT2D eigenvalue weighted by atomic mass is 10.1. The van der Waals surface area contributed by atoms with Gasteiger partial charge in [-0.15, -0.1) is 0 Å². The van der Waals surface area contributed by atoms with E-state index in [1.807, 2.05) is 32.0 Å². The number of aryl methyl sites for hydroxylation is 2. The number of anilines is 2. The lowest BCUT2D eigenvalue weighted by Crippen LogP contribution is -2.25. The predicted molar refractivity (Wildman–Crippen MR) is 115 cm³/mol. The summed E-state index contributed by atoms with van der Waals surface area (Å²) >= 11 is 0. The summed E-state index contributed by atoms with van der Waals surface area (Å²) in [4.78, 5) is 36.0. The lowest BCUT2D eigenvalue weighted by Gasteiger charge is -2.13. The smallest absolute Gasteiger partial charge is 0.262 e. The molecule has 0 saturated carbocycles. The van der Waals surface area contributed by atoms with Crippen LogP contribution < -0.4 is 20.5 Å². The Kier molecular flexibility index (Phi) is 6.67. The third kappa shape index (κ3) is 5.48. The zero-order valence-corrected chi connectivity index (χ0v) is 17.1. The van der Waals surface area contributed by atoms with E-state index in [0.717, 1.165) is 11.1 Å². The number of carboxylic acids is 1. The third-order valence-electron chi connectivity index (χ3n) is 4.56. The van der Waals surface area contributed by atoms with Crippen LogP contribution in [0, 0.1) is 13.8 Å². The first kappa shape index (κ1) is 21.6. The molecule has 158 valence electrons. The van der Waals surface area contributed by atoms with E-state index in [1.165, 1.54) is 24.3 Å². The Morgan fingerprint density at radius 2 is 1.55 bits per heavy atom. The van der Waals surface area contributed by atoms with Gasteiger partial charge in [-0.3, -0.25) is 9.59 Å². The summed E-state index contributed by atoms with van der Waals surface area (Å²) in [7, 11) is 0. The van der Waals surface area contributed by atoms with Crippen LogP contribution in [0.25, 0.3) is 0 Å². The Hall–Kier alpha value is -4.13. The molecule has 3 rings (SSSR count). The fourth-order valence-electron chi connectivity index (χ4n) is 3.06. The molecule has 0 aliphatic rings. The molecule has 3 aromatic rings. The molecule has 0 spiro atoms. The second-order valence-corrected chi connectivity index (χ2v) is 6.93. The van der Waals surface area contributed by atoms with Gasteiger partial charge in [0.25, 0.3) is 11.8 Å². The number of para-hydroxylation sites is 2. The highest BCUT2D eigenvalue weighted by Crippen LogP contribution is 2.22. The molecule has 7 heteroatoms. The van der Waals surface area contributed by atoms with Crippen LogP contribution in [0.1, 0.15) is 31.8 Å². The number of nitrogens with one attached hydrogen (secondary N) is 2. The first-order chi connectivity index (χ1) is 14.8. The van der Waals surface area contributed by atoms with E-state index < -0.39 is 11.9 Å². The molecule has 2 N–H and O–H groups in total. The molecular weight excluding hydrogens is 396 g/mol. The van der Waals surface area contributed by atoms with E-state index in [9.17, 15) is 19.5 Å². The summed E-state index contributed by atoms with van der Waals surface area (Å²) in [5, 5.41) is 16.4. The van der Waals surface area contributed by atoms with Gasteiger partial charge >= 0.3 is 0 Å². The van der Waals surface area contributed by atoms with Gasteiger partial charge in [-0.1, -0.05) is 42.5 Å². The first-order valence-corrected chi connectivity index (χ1v) is 9.56. The Labute approximate surface area is 179 Å². The van der Waals surface area contributed by atoms with Crippen LogP contribution in [0.3, 0.4) is 0 Å². The molecule has 0 fully saturated rings. The highest BCUT2D eigenvalue weighted by molar-refractivity contribution is 6.08. The lowest BCUT2D eigenvalue weighted by molar-refractivity contribution is -0.254. The molecule has 0 saturated heterocycles. The minimum absolute atomic E-state index is 0.121. The zero-order valence-electron chi connectivity index (χ0n) is 17.1. The van der Waals surface area contributed by atoms with Crippen molar-refractivity contribution in [2.45, 2.75) is 13.8 Å². The number of amides is 2. The number of hydrogen-bond donors (Lipinski definition) is 2. The molecule has 0 radical (unpaired) electrons. The number of carbonyl (C=O) groups excluding carboxylic acids is 3. The SMILES string of the molecule is Cc1cccc(C)c1OCC(=O)Nc1cccc(C(=O)Nc2ccccc2C(=O)[O-])c1. The fourth-order valence-corrected chi connectivity index (χ4v) is 3.06. The molecule has 31 heavy (non-hydrogen) atoms. The maximum atomic E-state index is 12.6. The van der Waals surface area contributed by atoms with E-state index in [2.05, 4.69) is 10.6 Å². The van der Waals surface area contributed by atoms with Crippen LogP contribution in [-0.2, 0) is 4.79 Å². The molecule has 0 aliphatic carbocycles. The van der Waals surface area contributed by atoms with E-state index in [-0.39, 0.29) is 29.3 Å². The minimum atomic E-state index is -1.39. The second kappa shape index (κ2) is 9.58. The predicted octanol–water partition coefficient (Wildman–Crippen LogP) is 2.94. The van der Waals surface area contributed by atoms with Crippen LogP contribution in [0.4, 0.5) is 11.4 Å². The number of benzene rings is 3. The van der Waals surface area contributed by atoms with Crippen molar-refractivity contribution in [1.82, 2.24) is 0 Å². The Morgan fingerprint density at radius 3 is 2.26 bits per heavy atom. The maximum Gasteiger partial charge on any atom is 0.262 e. The summed E-state index contributed by atoms with van der Waals surface area (Å²) in [5.41, 5.74) is 2.54. The van der Waals surface area contributed by atoms with Crippen LogP contribution in [0.2, 0.25) is 0 Å². The molecule has 3 aromatic carbocycles. The Balaban J connectivity index is 1.65. The highest BCUT2D eigenvalue weighted by atomic mass is 16.5. The quantitative estimate of drug-likeness (QED) is 0.615. The van der Waals surface area contributed by atoms with Crippen molar-refractivity contribution in [2.75, 3.05) is 17.2 Å². The Bertz CT molecular complexity index is 1120. The molecule has 0 aliphatic heterocycles. The number of ether oxygens (including phenoxy) is 1. The van der Waals surface area contributed by atoms with Crippen LogP contribution in [0.15, 0.2) is 66.7 Å². The van der Waals surface area contributed by atoms with Gasteiger partial charge in [-0.25, -0.2) is 0 Å². The normalized spacial score (nSPS) is 10.3. The average Bonchev–Trinajstić information content (AvgIpc) is 2.74. The van der Waals surface area contributed by atoms with Crippen LogP contribution in [-0.4, -0.2) is 24.4 Å². The van der Waals surface area contributed by atoms with E-state index in [1.54, 1.807) is 24.3 Å². The van der Waals surface area contributed by atoms with Crippen LogP contribution >= 0.6 is 0 Å². The van der Waals surface area contributed by atoms with E-state index in [0.29, 0.717) is 11.4 Å². The van der Waals surface area contributed by atoms with Gasteiger partial charge in [0, 0.05) is 16.8 Å². The van der Waals surface area contributed by atoms with Gasteiger partial charge in [0.1, 0.15) is 5.75 Å². The average molecular weight is 417 g/mol. The van der Waals surface area contributed by atoms with Crippen molar-refractivity contribution in [3.05, 3.63) is 89.0 Å². The number of rotatable bonds is 7. The summed E-state index contributed by atoms with van der Waals surface area (Å²) in [5.74, 6) is -1.61. The number of carbonyl (C=O) groups is 3. The number of aromatic carboxylic acids is 1. The summed E-state index contributed by atoms with van der Waals surface area (Å²) in [6, 6.07) is 18.0. The van der Waals surface area contributed by atoms with Gasteiger partial charge in [0.2, 0.25) is 0 Å². The minimum Gasteiger partial charge on any atom is -0.545 e. The van der Waals surface area contributed by atoms with E-state index in [4.69, 9.17) is 4.74 Å². The molecule has 2 amide bonds. The van der Waals surface area contributed by atoms with Crippen molar-refractivity contribution >= 4 is 29.2 Å². The summed E-state index contributed by atoms with van der Waals surface area (Å²) in [6.45, 7) is 3.63. The topological polar surface area (TPSA) is 108 Å². The zero-order chi connectivity index (χ0) is 22.4. The summed E-state index contributed by atoms with van der Waals surface area (Å²) in [6.07, 6.45) is 0. The molecule has 0 bridgehead atoms.